The zero-order valence-electron chi connectivity index (χ0n) is 10.2. The largest absolute Gasteiger partial charge is 0.418 e. The van der Waals surface area contributed by atoms with Gasteiger partial charge in [0.15, 0.2) is 0 Å². The van der Waals surface area contributed by atoms with E-state index in [0.29, 0.717) is 11.1 Å². The van der Waals surface area contributed by atoms with Crippen LogP contribution in [0.2, 0.25) is 5.02 Å². The van der Waals surface area contributed by atoms with Crippen molar-refractivity contribution in [2.45, 2.75) is 6.18 Å². The maximum atomic E-state index is 13.2. The molecule has 3 heterocycles. The molecule has 0 atom stereocenters. The van der Waals surface area contributed by atoms with Crippen LogP contribution in [0, 0.1) is 0 Å². The highest BCUT2D eigenvalue weighted by molar-refractivity contribution is 6.34. The lowest BCUT2D eigenvalue weighted by Gasteiger charge is -2.11. The Morgan fingerprint density at radius 2 is 1.85 bits per heavy atom. The number of alkyl halides is 3. The second-order valence-electron chi connectivity index (χ2n) is 4.33. The fraction of sp³-hybridized carbons (Fsp3) is 0.167. The molecule has 0 aromatic carbocycles. The zero-order valence-corrected chi connectivity index (χ0v) is 10.9. The number of nitrogens with zero attached hydrogens (tertiary/aromatic N) is 4. The summed E-state index contributed by atoms with van der Waals surface area (Å²) >= 11 is 5.79. The number of pyridine rings is 1. The molecule has 0 aliphatic rings. The second-order valence-corrected chi connectivity index (χ2v) is 4.74. The van der Waals surface area contributed by atoms with Crippen molar-refractivity contribution < 1.29 is 13.2 Å². The monoisotopic (exact) mass is 300 g/mol. The summed E-state index contributed by atoms with van der Waals surface area (Å²) in [5.74, 6) is 0. The summed E-state index contributed by atoms with van der Waals surface area (Å²) in [5, 5.41) is 7.76. The summed E-state index contributed by atoms with van der Waals surface area (Å²) in [7, 11) is 1.69. The number of halogens is 4. The van der Waals surface area contributed by atoms with Crippen molar-refractivity contribution >= 4 is 17.1 Å². The van der Waals surface area contributed by atoms with E-state index in [-0.39, 0.29) is 10.5 Å². The Kier molecular flexibility index (Phi) is 2.75. The van der Waals surface area contributed by atoms with Crippen LogP contribution in [0.15, 0.2) is 30.9 Å². The van der Waals surface area contributed by atoms with Gasteiger partial charge >= 0.3 is 6.18 Å². The van der Waals surface area contributed by atoms with Gasteiger partial charge in [-0.2, -0.15) is 23.4 Å². The number of fused-ring (bicyclic) bond motifs is 1. The van der Waals surface area contributed by atoms with E-state index >= 15 is 0 Å². The maximum absolute atomic E-state index is 13.2. The van der Waals surface area contributed by atoms with Crippen LogP contribution >= 0.6 is 11.6 Å². The van der Waals surface area contributed by atoms with E-state index in [2.05, 4.69) is 10.2 Å². The van der Waals surface area contributed by atoms with Gasteiger partial charge in [0.05, 0.1) is 28.5 Å². The van der Waals surface area contributed by atoms with Gasteiger partial charge in [-0.15, -0.1) is 0 Å². The van der Waals surface area contributed by atoms with Crippen LogP contribution in [-0.2, 0) is 13.2 Å². The van der Waals surface area contributed by atoms with Crippen molar-refractivity contribution in [1.29, 1.82) is 0 Å². The quantitative estimate of drug-likeness (QED) is 0.690. The lowest BCUT2D eigenvalue weighted by molar-refractivity contribution is -0.136. The molecule has 3 rings (SSSR count). The lowest BCUT2D eigenvalue weighted by Crippen LogP contribution is -2.08. The lowest BCUT2D eigenvalue weighted by atomic mass is 10.1. The van der Waals surface area contributed by atoms with E-state index in [0.717, 1.165) is 10.6 Å². The molecular formula is C12H8ClF3N4. The SMILES string of the molecule is Cn1cc(-c2cc(C(F)(F)F)c3c(Cl)cnn3c2)cn1. The molecule has 0 amide bonds. The highest BCUT2D eigenvalue weighted by Crippen LogP contribution is 2.37. The molecule has 0 fully saturated rings. The average Bonchev–Trinajstić information content (AvgIpc) is 2.94. The molecule has 0 spiro atoms. The van der Waals surface area contributed by atoms with Crippen molar-refractivity contribution in [3.05, 3.63) is 41.4 Å². The van der Waals surface area contributed by atoms with Crippen molar-refractivity contribution in [1.82, 2.24) is 19.4 Å². The second kappa shape index (κ2) is 4.24. The topological polar surface area (TPSA) is 35.1 Å². The van der Waals surface area contributed by atoms with E-state index in [1.54, 1.807) is 13.2 Å². The van der Waals surface area contributed by atoms with Crippen LogP contribution in [-0.4, -0.2) is 19.4 Å². The van der Waals surface area contributed by atoms with Crippen LogP contribution in [0.3, 0.4) is 0 Å². The highest BCUT2D eigenvalue weighted by atomic mass is 35.5. The van der Waals surface area contributed by atoms with E-state index in [1.807, 2.05) is 0 Å². The molecule has 0 bridgehead atoms. The molecule has 0 radical (unpaired) electrons. The Labute approximate surface area is 116 Å². The van der Waals surface area contributed by atoms with Gasteiger partial charge in [0.2, 0.25) is 0 Å². The number of aromatic nitrogens is 4. The summed E-state index contributed by atoms with van der Waals surface area (Å²) < 4.78 is 42.1. The Morgan fingerprint density at radius 3 is 2.45 bits per heavy atom. The summed E-state index contributed by atoms with van der Waals surface area (Å²) in [6.07, 6.45) is 1.30. The molecular weight excluding hydrogens is 293 g/mol. The molecule has 4 nitrogen and oxygen atoms in total. The zero-order chi connectivity index (χ0) is 14.5. The normalized spacial score (nSPS) is 12.2. The van der Waals surface area contributed by atoms with E-state index < -0.39 is 11.7 Å². The van der Waals surface area contributed by atoms with Crippen LogP contribution < -0.4 is 0 Å². The molecule has 3 aromatic heterocycles. The maximum Gasteiger partial charge on any atom is 0.418 e. The van der Waals surface area contributed by atoms with Gasteiger partial charge in [0.1, 0.15) is 0 Å². The minimum atomic E-state index is -4.51. The predicted octanol–water partition coefficient (Wildman–Crippen LogP) is 3.41. The van der Waals surface area contributed by atoms with Crippen LogP contribution in [0.25, 0.3) is 16.6 Å². The molecule has 0 saturated heterocycles. The van der Waals surface area contributed by atoms with E-state index in [1.165, 1.54) is 23.3 Å². The highest BCUT2D eigenvalue weighted by Gasteiger charge is 2.35. The minimum absolute atomic E-state index is 0.0324. The first-order chi connectivity index (χ1) is 9.36. The molecule has 20 heavy (non-hydrogen) atoms. The first kappa shape index (κ1) is 13.0. The standard InChI is InChI=1S/C12H8ClF3N4/c1-19-5-8(3-17-19)7-2-9(12(14,15)16)11-10(13)4-18-20(11)6-7/h2-6H,1H3. The summed E-state index contributed by atoms with van der Waals surface area (Å²) in [6.45, 7) is 0. The smallest absolute Gasteiger partial charge is 0.275 e. The van der Waals surface area contributed by atoms with Gasteiger partial charge in [-0.3, -0.25) is 4.68 Å². The third kappa shape index (κ3) is 2.03. The van der Waals surface area contributed by atoms with Crippen molar-refractivity contribution in [2.75, 3.05) is 0 Å². The summed E-state index contributed by atoms with van der Waals surface area (Å²) in [5.41, 5.74) is -0.0163. The number of rotatable bonds is 1. The molecule has 0 saturated carbocycles. The third-order valence-electron chi connectivity index (χ3n) is 2.91. The first-order valence-electron chi connectivity index (χ1n) is 5.59. The summed E-state index contributed by atoms with van der Waals surface area (Å²) in [4.78, 5) is 0. The molecule has 8 heteroatoms. The number of aryl methyl sites for hydroxylation is 1. The van der Waals surface area contributed by atoms with E-state index in [4.69, 9.17) is 11.6 Å². The van der Waals surface area contributed by atoms with Gasteiger partial charge in [-0.05, 0) is 6.07 Å². The molecule has 0 unspecified atom stereocenters. The average molecular weight is 301 g/mol. The van der Waals surface area contributed by atoms with Crippen molar-refractivity contribution in [3.8, 4) is 11.1 Å². The fourth-order valence-electron chi connectivity index (χ4n) is 2.03. The molecule has 0 aliphatic heterocycles. The molecule has 0 N–H and O–H groups in total. The fourth-order valence-corrected chi connectivity index (χ4v) is 2.26. The van der Waals surface area contributed by atoms with Gasteiger partial charge in [-0.1, -0.05) is 11.6 Å². The van der Waals surface area contributed by atoms with Gasteiger partial charge in [0, 0.05) is 30.6 Å². The Balaban J connectivity index is 2.31. The Hall–Kier alpha value is -2.02. The molecule has 0 aliphatic carbocycles. The first-order valence-corrected chi connectivity index (χ1v) is 5.97. The van der Waals surface area contributed by atoms with Crippen molar-refractivity contribution in [3.63, 3.8) is 0 Å². The molecule has 3 aromatic rings. The predicted molar refractivity (Wildman–Crippen MR) is 67.4 cm³/mol. The Morgan fingerprint density at radius 1 is 1.10 bits per heavy atom. The van der Waals surface area contributed by atoms with Crippen LogP contribution in [0.1, 0.15) is 5.56 Å². The molecule has 104 valence electrons. The van der Waals surface area contributed by atoms with E-state index in [9.17, 15) is 13.2 Å². The summed E-state index contributed by atoms with van der Waals surface area (Å²) in [6, 6.07) is 1.06. The number of hydrogen-bond donors (Lipinski definition) is 0. The minimum Gasteiger partial charge on any atom is -0.275 e. The van der Waals surface area contributed by atoms with Crippen LogP contribution in [0.4, 0.5) is 13.2 Å². The van der Waals surface area contributed by atoms with Gasteiger partial charge in [0.25, 0.3) is 0 Å². The van der Waals surface area contributed by atoms with Gasteiger partial charge < -0.3 is 0 Å². The number of hydrogen-bond acceptors (Lipinski definition) is 2. The van der Waals surface area contributed by atoms with Gasteiger partial charge in [-0.25, -0.2) is 4.52 Å². The van der Waals surface area contributed by atoms with Crippen LogP contribution in [0.5, 0.6) is 0 Å². The van der Waals surface area contributed by atoms with Crippen molar-refractivity contribution in [2.24, 2.45) is 7.05 Å². The Bertz CT molecular complexity index is 788. The third-order valence-corrected chi connectivity index (χ3v) is 3.19.